The minimum absolute atomic E-state index is 0.0428. The van der Waals surface area contributed by atoms with Crippen molar-refractivity contribution in [1.82, 2.24) is 9.71 Å². The molecule has 7 nitrogen and oxygen atoms in total. The smallest absolute Gasteiger partial charge is 0.302 e. The van der Waals surface area contributed by atoms with E-state index in [1.54, 1.807) is 18.3 Å². The third-order valence-electron chi connectivity index (χ3n) is 4.10. The highest BCUT2D eigenvalue weighted by Gasteiger charge is 2.36. The van der Waals surface area contributed by atoms with Crippen LogP contribution >= 0.6 is 0 Å². The van der Waals surface area contributed by atoms with Gasteiger partial charge in [-0.3, -0.25) is 9.29 Å². The second-order valence-corrected chi connectivity index (χ2v) is 7.53. The maximum atomic E-state index is 12.1. The molecule has 8 heteroatoms. The number of benzene rings is 1. The van der Waals surface area contributed by atoms with Gasteiger partial charge in [0.15, 0.2) is 0 Å². The summed E-state index contributed by atoms with van der Waals surface area (Å²) >= 11 is 0. The lowest BCUT2D eigenvalue weighted by molar-refractivity contribution is -0.108. The number of pyridine rings is 1. The number of hydrogen-bond donors (Lipinski definition) is 2. The van der Waals surface area contributed by atoms with E-state index in [-0.39, 0.29) is 18.0 Å². The van der Waals surface area contributed by atoms with Gasteiger partial charge in [-0.05, 0) is 41.8 Å². The van der Waals surface area contributed by atoms with Crippen LogP contribution in [0.2, 0.25) is 0 Å². The summed E-state index contributed by atoms with van der Waals surface area (Å²) in [6.07, 6.45) is 3.74. The van der Waals surface area contributed by atoms with E-state index in [0.29, 0.717) is 12.7 Å². The van der Waals surface area contributed by atoms with Crippen LogP contribution in [0.25, 0.3) is 0 Å². The van der Waals surface area contributed by atoms with Crippen LogP contribution in [0.5, 0.6) is 5.75 Å². The zero-order chi connectivity index (χ0) is 18.0. The number of nitrogens with one attached hydrogen (secondary N) is 1. The fraction of sp³-hybridized carbons (Fsp3) is 0.294. The van der Waals surface area contributed by atoms with E-state index in [4.69, 9.17) is 0 Å². The summed E-state index contributed by atoms with van der Waals surface area (Å²) in [5.41, 5.74) is 3.03. The molecule has 3 rings (SSSR count). The number of aryl methyl sites for hydroxylation is 1. The van der Waals surface area contributed by atoms with Gasteiger partial charge in [0.2, 0.25) is 0 Å². The molecular formula is C17H19N3O4S. The molecule has 0 amide bonds. The first kappa shape index (κ1) is 17.4. The molecule has 1 saturated heterocycles. The molecule has 0 saturated carbocycles. The molecule has 132 valence electrons. The average Bonchev–Trinajstić information content (AvgIpc) is 2.90. The Morgan fingerprint density at radius 1 is 1.32 bits per heavy atom. The first-order valence-electron chi connectivity index (χ1n) is 7.94. The number of phenolic OH excluding ortho intramolecular Hbond substituents is 1. The first-order valence-corrected chi connectivity index (χ1v) is 9.38. The van der Waals surface area contributed by atoms with Crippen molar-refractivity contribution < 1.29 is 18.3 Å². The Bertz CT molecular complexity index is 899. The molecule has 1 atom stereocenters. The number of aromatic hydroxyl groups is 1. The minimum atomic E-state index is -3.82. The number of anilines is 1. The molecule has 0 bridgehead atoms. The highest BCUT2D eigenvalue weighted by Crippen LogP contribution is 2.32. The van der Waals surface area contributed by atoms with Crippen molar-refractivity contribution in [2.75, 3.05) is 10.8 Å². The molecule has 1 aromatic carbocycles. The fourth-order valence-corrected chi connectivity index (χ4v) is 4.22. The Balaban J connectivity index is 1.85. The molecule has 2 N–H and O–H groups in total. The van der Waals surface area contributed by atoms with Crippen molar-refractivity contribution in [3.63, 3.8) is 0 Å². The number of aldehydes is 1. The van der Waals surface area contributed by atoms with Gasteiger partial charge in [-0.25, -0.2) is 0 Å². The lowest BCUT2D eigenvalue weighted by Gasteiger charge is -2.17. The van der Waals surface area contributed by atoms with Gasteiger partial charge in [-0.1, -0.05) is 13.0 Å². The summed E-state index contributed by atoms with van der Waals surface area (Å²) in [5, 5.41) is 10.3. The quantitative estimate of drug-likeness (QED) is 0.779. The summed E-state index contributed by atoms with van der Waals surface area (Å²) < 4.78 is 27.4. The molecule has 0 radical (unpaired) electrons. The van der Waals surface area contributed by atoms with E-state index in [2.05, 4.69) is 16.6 Å². The van der Waals surface area contributed by atoms with Crippen molar-refractivity contribution in [2.24, 2.45) is 0 Å². The Morgan fingerprint density at radius 3 is 2.76 bits per heavy atom. The van der Waals surface area contributed by atoms with Crippen molar-refractivity contribution in [1.29, 1.82) is 0 Å². The van der Waals surface area contributed by atoms with Crippen LogP contribution in [-0.4, -0.2) is 37.4 Å². The van der Waals surface area contributed by atoms with Gasteiger partial charge in [0.05, 0.1) is 18.3 Å². The van der Waals surface area contributed by atoms with E-state index in [1.165, 1.54) is 11.6 Å². The van der Waals surface area contributed by atoms with Gasteiger partial charge in [0.1, 0.15) is 12.0 Å². The topological polar surface area (TPSA) is 99.6 Å². The zero-order valence-electron chi connectivity index (χ0n) is 13.7. The maximum absolute atomic E-state index is 12.1. The molecule has 0 aliphatic carbocycles. The maximum Gasteiger partial charge on any atom is 0.302 e. The van der Waals surface area contributed by atoms with Crippen LogP contribution in [0.3, 0.4) is 0 Å². The Hall–Kier alpha value is -2.45. The van der Waals surface area contributed by atoms with Crippen molar-refractivity contribution >= 4 is 22.2 Å². The van der Waals surface area contributed by atoms with E-state index in [9.17, 15) is 18.3 Å². The Kier molecular flexibility index (Phi) is 4.73. The molecule has 0 spiro atoms. The Labute approximate surface area is 146 Å². The third kappa shape index (κ3) is 3.64. The average molecular weight is 361 g/mol. The second kappa shape index (κ2) is 6.81. The number of aromatic nitrogens is 1. The number of carbonyl (C=O) groups excluding carboxylic acids is 1. The normalized spacial score (nSPS) is 19.1. The van der Waals surface area contributed by atoms with Crippen LogP contribution in [0, 0.1) is 0 Å². The van der Waals surface area contributed by atoms with Gasteiger partial charge >= 0.3 is 10.2 Å². The number of rotatable bonds is 5. The minimum Gasteiger partial charge on any atom is -0.506 e. The second-order valence-electron chi connectivity index (χ2n) is 5.91. The van der Waals surface area contributed by atoms with E-state index in [1.807, 2.05) is 12.1 Å². The molecule has 2 heterocycles. The molecule has 1 aliphatic rings. The number of nitrogens with zero attached hydrogens (tertiary/aromatic N) is 2. The van der Waals surface area contributed by atoms with Crippen LogP contribution in [0.4, 0.5) is 5.69 Å². The lowest BCUT2D eigenvalue weighted by Crippen LogP contribution is -2.30. The molecule has 1 unspecified atom stereocenters. The highest BCUT2D eigenvalue weighted by molar-refractivity contribution is 7.91. The molecular weight excluding hydrogens is 342 g/mol. The molecule has 25 heavy (non-hydrogen) atoms. The number of phenols is 1. The van der Waals surface area contributed by atoms with Gasteiger partial charge in [0.25, 0.3) is 0 Å². The summed E-state index contributed by atoms with van der Waals surface area (Å²) in [7, 11) is -3.82. The molecule has 1 aliphatic heterocycles. The summed E-state index contributed by atoms with van der Waals surface area (Å²) in [6, 6.07) is 7.97. The molecule has 2 aromatic rings. The SMILES string of the molecule is CCc1ccnc(Cc2ccc(N3CC(C=O)NS3(=O)=O)c(O)c2)c1. The van der Waals surface area contributed by atoms with Gasteiger partial charge in [-0.15, -0.1) is 0 Å². The third-order valence-corrected chi connectivity index (χ3v) is 5.63. The highest BCUT2D eigenvalue weighted by atomic mass is 32.2. The van der Waals surface area contributed by atoms with Gasteiger partial charge in [-0.2, -0.15) is 13.1 Å². The van der Waals surface area contributed by atoms with Crippen molar-refractivity contribution in [3.8, 4) is 5.75 Å². The predicted octanol–water partition coefficient (Wildman–Crippen LogP) is 1.16. The van der Waals surface area contributed by atoms with Crippen LogP contribution in [0.1, 0.15) is 23.7 Å². The molecule has 1 fully saturated rings. The fourth-order valence-electron chi connectivity index (χ4n) is 2.81. The Morgan fingerprint density at radius 2 is 2.12 bits per heavy atom. The summed E-state index contributed by atoms with van der Waals surface area (Å²) in [5.74, 6) is -0.152. The zero-order valence-corrected chi connectivity index (χ0v) is 14.5. The monoisotopic (exact) mass is 361 g/mol. The van der Waals surface area contributed by atoms with Crippen LogP contribution < -0.4 is 9.03 Å². The van der Waals surface area contributed by atoms with Crippen LogP contribution in [-0.2, 0) is 27.8 Å². The molecule has 1 aromatic heterocycles. The first-order chi connectivity index (χ1) is 11.9. The predicted molar refractivity (Wildman–Crippen MR) is 93.8 cm³/mol. The van der Waals surface area contributed by atoms with E-state index >= 15 is 0 Å². The summed E-state index contributed by atoms with van der Waals surface area (Å²) in [4.78, 5) is 15.2. The van der Waals surface area contributed by atoms with Gasteiger partial charge < -0.3 is 9.90 Å². The van der Waals surface area contributed by atoms with Crippen molar-refractivity contribution in [2.45, 2.75) is 25.8 Å². The standard InChI is InChI=1S/C17H19N3O4S/c1-2-12-5-6-18-14(7-12)8-13-3-4-16(17(22)9-13)20-10-15(11-21)19-25(20,23)24/h3-7,9,11,15,19,22H,2,8,10H2,1H3. The van der Waals surface area contributed by atoms with E-state index in [0.717, 1.165) is 22.0 Å². The summed E-state index contributed by atoms with van der Waals surface area (Å²) in [6.45, 7) is 2.02. The lowest BCUT2D eigenvalue weighted by atomic mass is 10.1. The largest absolute Gasteiger partial charge is 0.506 e. The number of hydrogen-bond acceptors (Lipinski definition) is 5. The van der Waals surface area contributed by atoms with Crippen molar-refractivity contribution in [3.05, 3.63) is 53.3 Å². The van der Waals surface area contributed by atoms with Gasteiger partial charge in [0, 0.05) is 18.3 Å². The van der Waals surface area contributed by atoms with Crippen LogP contribution in [0.15, 0.2) is 36.5 Å². The number of carbonyl (C=O) groups is 1. The van der Waals surface area contributed by atoms with E-state index < -0.39 is 16.3 Å².